The summed E-state index contributed by atoms with van der Waals surface area (Å²) in [6.07, 6.45) is -0.195. The summed E-state index contributed by atoms with van der Waals surface area (Å²) < 4.78 is 31.6. The van der Waals surface area contributed by atoms with E-state index in [4.69, 9.17) is 10.1 Å². The van der Waals surface area contributed by atoms with E-state index in [0.29, 0.717) is 17.6 Å². The van der Waals surface area contributed by atoms with E-state index in [9.17, 15) is 13.6 Å². The van der Waals surface area contributed by atoms with Crippen LogP contribution in [0.25, 0.3) is 0 Å². The molecule has 2 aliphatic heterocycles. The normalized spacial score (nSPS) is 25.4. The van der Waals surface area contributed by atoms with E-state index in [2.05, 4.69) is 0 Å². The van der Waals surface area contributed by atoms with Gasteiger partial charge in [0, 0.05) is 23.1 Å². The average molecular weight is 284 g/mol. The van der Waals surface area contributed by atoms with E-state index in [1.165, 1.54) is 4.90 Å². The van der Waals surface area contributed by atoms with Gasteiger partial charge in [0.15, 0.2) is 0 Å². The van der Waals surface area contributed by atoms with Crippen LogP contribution in [0.5, 0.6) is 0 Å². The Balaban J connectivity index is 1.92. The molecule has 100 valence electrons. The molecule has 19 heavy (non-hydrogen) atoms. The molecule has 0 spiro atoms. The topological polar surface area (TPSA) is 53.4 Å². The first kappa shape index (κ1) is 12.4. The van der Waals surface area contributed by atoms with Crippen LogP contribution in [-0.2, 0) is 4.74 Å². The standard InChI is InChI=1S/C12H10F2N2O2S/c13-7-1-6(2-8(14)3-7)11(17)16-9-4-19-5-10(9)18-12(16)15/h1-3,9-10,15H,4-5H2/t9-,10-/m0/s1. The lowest BCUT2D eigenvalue weighted by Crippen LogP contribution is -2.41. The molecule has 1 aromatic rings. The Morgan fingerprint density at radius 1 is 1.32 bits per heavy atom. The molecule has 0 aromatic heterocycles. The second-order valence-electron chi connectivity index (χ2n) is 4.40. The molecular weight excluding hydrogens is 274 g/mol. The van der Waals surface area contributed by atoms with Crippen molar-refractivity contribution < 1.29 is 18.3 Å². The molecule has 2 fully saturated rings. The molecule has 2 heterocycles. The maximum atomic E-state index is 13.1. The van der Waals surface area contributed by atoms with Crippen LogP contribution in [-0.4, -0.2) is 40.5 Å². The molecule has 0 aliphatic carbocycles. The predicted molar refractivity (Wildman–Crippen MR) is 66.2 cm³/mol. The fourth-order valence-corrected chi connectivity index (χ4v) is 3.55. The Morgan fingerprint density at radius 3 is 2.68 bits per heavy atom. The van der Waals surface area contributed by atoms with E-state index in [1.54, 1.807) is 11.8 Å². The Morgan fingerprint density at radius 2 is 2.00 bits per heavy atom. The predicted octanol–water partition coefficient (Wildman–Crippen LogP) is 1.86. The molecule has 2 aliphatic rings. The molecule has 0 bridgehead atoms. The van der Waals surface area contributed by atoms with Gasteiger partial charge >= 0.3 is 0 Å². The number of thioether (sulfide) groups is 1. The molecular formula is C12H10F2N2O2S. The molecule has 0 saturated carbocycles. The first-order valence-corrected chi connectivity index (χ1v) is 6.84. The number of hydrogen-bond acceptors (Lipinski definition) is 4. The first-order chi connectivity index (χ1) is 9.06. The van der Waals surface area contributed by atoms with Gasteiger partial charge in [-0.15, -0.1) is 0 Å². The number of carbonyl (C=O) groups excluding carboxylic acids is 1. The van der Waals surface area contributed by atoms with Crippen LogP contribution in [0.15, 0.2) is 18.2 Å². The molecule has 1 N–H and O–H groups in total. The zero-order valence-corrected chi connectivity index (χ0v) is 10.5. The molecule has 2 saturated heterocycles. The monoisotopic (exact) mass is 284 g/mol. The van der Waals surface area contributed by atoms with Gasteiger partial charge in [0.25, 0.3) is 11.9 Å². The molecule has 4 nitrogen and oxygen atoms in total. The van der Waals surface area contributed by atoms with E-state index in [0.717, 1.165) is 12.1 Å². The first-order valence-electron chi connectivity index (χ1n) is 5.69. The highest BCUT2D eigenvalue weighted by Gasteiger charge is 2.46. The van der Waals surface area contributed by atoms with Crippen molar-refractivity contribution in [2.24, 2.45) is 0 Å². The van der Waals surface area contributed by atoms with Crippen LogP contribution >= 0.6 is 11.8 Å². The molecule has 1 aromatic carbocycles. The summed E-state index contributed by atoms with van der Waals surface area (Å²) >= 11 is 1.63. The van der Waals surface area contributed by atoms with Gasteiger partial charge in [-0.3, -0.25) is 15.1 Å². The summed E-state index contributed by atoms with van der Waals surface area (Å²) in [5.41, 5.74) is -0.108. The van der Waals surface area contributed by atoms with Crippen molar-refractivity contribution in [3.8, 4) is 0 Å². The van der Waals surface area contributed by atoms with Crippen molar-refractivity contribution in [2.75, 3.05) is 11.5 Å². The second kappa shape index (κ2) is 4.48. The van der Waals surface area contributed by atoms with Crippen LogP contribution in [0.4, 0.5) is 8.78 Å². The average Bonchev–Trinajstić information content (AvgIpc) is 2.86. The Bertz CT molecular complexity index is 546. The highest BCUT2D eigenvalue weighted by molar-refractivity contribution is 7.99. The largest absolute Gasteiger partial charge is 0.459 e. The number of nitrogens with zero attached hydrogens (tertiary/aromatic N) is 1. The number of benzene rings is 1. The number of ether oxygens (including phenoxy) is 1. The minimum atomic E-state index is -0.813. The number of fused-ring (bicyclic) bond motifs is 1. The minimum Gasteiger partial charge on any atom is -0.459 e. The maximum absolute atomic E-state index is 13.1. The number of hydrogen-bond donors (Lipinski definition) is 1. The van der Waals surface area contributed by atoms with Crippen LogP contribution < -0.4 is 0 Å². The van der Waals surface area contributed by atoms with E-state index >= 15 is 0 Å². The van der Waals surface area contributed by atoms with Crippen LogP contribution in [0.1, 0.15) is 10.4 Å². The molecule has 1 amide bonds. The third-order valence-electron chi connectivity index (χ3n) is 3.14. The summed E-state index contributed by atoms with van der Waals surface area (Å²) in [5, 5.41) is 7.68. The fourth-order valence-electron chi connectivity index (χ4n) is 2.29. The zero-order chi connectivity index (χ0) is 13.6. The van der Waals surface area contributed by atoms with E-state index in [1.807, 2.05) is 0 Å². The number of rotatable bonds is 1. The van der Waals surface area contributed by atoms with Gasteiger partial charge in [0.05, 0.1) is 6.04 Å². The third kappa shape index (κ3) is 2.07. The van der Waals surface area contributed by atoms with Crippen molar-refractivity contribution in [1.29, 1.82) is 5.41 Å². The SMILES string of the molecule is N=C1O[C@H]2CSC[C@@H]2N1C(=O)c1cc(F)cc(F)c1. The van der Waals surface area contributed by atoms with Gasteiger partial charge in [-0.25, -0.2) is 8.78 Å². The van der Waals surface area contributed by atoms with Crippen molar-refractivity contribution in [2.45, 2.75) is 12.1 Å². The van der Waals surface area contributed by atoms with Crippen molar-refractivity contribution in [3.05, 3.63) is 35.4 Å². The fraction of sp³-hybridized carbons (Fsp3) is 0.333. The number of nitrogens with one attached hydrogen (secondary N) is 1. The molecule has 7 heteroatoms. The van der Waals surface area contributed by atoms with Crippen molar-refractivity contribution in [1.82, 2.24) is 4.90 Å². The smallest absolute Gasteiger partial charge is 0.292 e. The highest BCUT2D eigenvalue weighted by Crippen LogP contribution is 2.32. The number of amides is 1. The summed E-state index contributed by atoms with van der Waals surface area (Å²) in [6.45, 7) is 0. The van der Waals surface area contributed by atoms with Crippen LogP contribution in [0.2, 0.25) is 0 Å². The molecule has 3 rings (SSSR count). The molecule has 0 unspecified atom stereocenters. The number of carbonyl (C=O) groups is 1. The Kier molecular flexibility index (Phi) is 2.93. The van der Waals surface area contributed by atoms with E-state index < -0.39 is 17.5 Å². The Hall–Kier alpha value is -1.63. The lowest BCUT2D eigenvalue weighted by molar-refractivity contribution is 0.0822. The number of halogens is 2. The minimum absolute atomic E-state index is 0.108. The quantitative estimate of drug-likeness (QED) is 0.856. The molecule has 0 radical (unpaired) electrons. The molecule has 2 atom stereocenters. The third-order valence-corrected chi connectivity index (χ3v) is 4.28. The van der Waals surface area contributed by atoms with Gasteiger partial charge in [-0.05, 0) is 12.1 Å². The van der Waals surface area contributed by atoms with Gasteiger partial charge in [-0.2, -0.15) is 11.8 Å². The van der Waals surface area contributed by atoms with Crippen molar-refractivity contribution in [3.63, 3.8) is 0 Å². The number of amidine groups is 1. The van der Waals surface area contributed by atoms with Gasteiger partial charge in [0.2, 0.25) is 0 Å². The summed E-state index contributed by atoms with van der Waals surface area (Å²) in [7, 11) is 0. The lowest BCUT2D eigenvalue weighted by atomic mass is 10.1. The summed E-state index contributed by atoms with van der Waals surface area (Å²) in [6, 6.07) is 2.17. The lowest BCUT2D eigenvalue weighted by Gasteiger charge is -2.19. The maximum Gasteiger partial charge on any atom is 0.292 e. The highest BCUT2D eigenvalue weighted by atomic mass is 32.2. The van der Waals surface area contributed by atoms with Gasteiger partial charge in [-0.1, -0.05) is 0 Å². The van der Waals surface area contributed by atoms with Crippen molar-refractivity contribution >= 4 is 23.7 Å². The second-order valence-corrected chi connectivity index (χ2v) is 5.47. The summed E-state index contributed by atoms with van der Waals surface area (Å²) in [5.74, 6) is -0.844. The van der Waals surface area contributed by atoms with Gasteiger partial charge < -0.3 is 4.74 Å². The Labute approximate surface area is 112 Å². The summed E-state index contributed by atoms with van der Waals surface area (Å²) in [4.78, 5) is 13.4. The zero-order valence-electron chi connectivity index (χ0n) is 9.73. The van der Waals surface area contributed by atoms with E-state index in [-0.39, 0.29) is 23.7 Å². The van der Waals surface area contributed by atoms with Gasteiger partial charge in [0.1, 0.15) is 17.7 Å². The van der Waals surface area contributed by atoms with Crippen LogP contribution in [0, 0.1) is 17.0 Å². The van der Waals surface area contributed by atoms with Crippen LogP contribution in [0.3, 0.4) is 0 Å².